The maximum Gasteiger partial charge on any atom is 0.356 e. The molecule has 2 aliphatic rings. The molecule has 1 aromatic heterocycles. The van der Waals surface area contributed by atoms with Gasteiger partial charge in [-0.2, -0.15) is 17.8 Å². The number of hydrogen-bond acceptors (Lipinski definition) is 13. The number of nitrogen functional groups attached to an aromatic ring is 1. The second-order valence-electron chi connectivity index (χ2n) is 6.04. The average molecular weight is 493 g/mol. The number of aromatic nitrogens is 2. The lowest BCUT2D eigenvalue weighted by molar-refractivity contribution is -0.150. The molecule has 3 rings (SSSR count). The Labute approximate surface area is 183 Å². The molecule has 0 aromatic carbocycles. The van der Waals surface area contributed by atoms with E-state index < -0.39 is 45.0 Å². The van der Waals surface area contributed by atoms with Gasteiger partial charge in [0.1, 0.15) is 18.0 Å². The monoisotopic (exact) mass is 492 g/mol. The minimum Gasteiger partial charge on any atom is -0.476 e. The predicted molar refractivity (Wildman–Crippen MR) is 108 cm³/mol. The molecule has 2 atom stereocenters. The number of rotatable bonds is 8. The van der Waals surface area contributed by atoms with Crippen LogP contribution in [0.5, 0.6) is 0 Å². The Morgan fingerprint density at radius 2 is 2.16 bits per heavy atom. The number of hydrogen-bond donors (Lipinski definition) is 3. The number of carboxylic acid groups (broad SMARTS) is 1. The van der Waals surface area contributed by atoms with Gasteiger partial charge in [0, 0.05) is 11.5 Å². The smallest absolute Gasteiger partial charge is 0.356 e. The first-order valence-electron chi connectivity index (χ1n) is 8.44. The van der Waals surface area contributed by atoms with Crippen molar-refractivity contribution in [2.24, 2.45) is 5.16 Å². The van der Waals surface area contributed by atoms with Crippen LogP contribution in [0.2, 0.25) is 0 Å². The van der Waals surface area contributed by atoms with E-state index in [1.54, 1.807) is 6.92 Å². The van der Waals surface area contributed by atoms with Crippen LogP contribution in [0.4, 0.5) is 5.13 Å². The van der Waals surface area contributed by atoms with Gasteiger partial charge in [-0.3, -0.25) is 14.5 Å². The third-order valence-electron chi connectivity index (χ3n) is 3.83. The van der Waals surface area contributed by atoms with Crippen molar-refractivity contribution in [2.75, 3.05) is 24.3 Å². The van der Waals surface area contributed by atoms with Crippen molar-refractivity contribution in [1.82, 2.24) is 19.6 Å². The minimum atomic E-state index is -4.00. The van der Waals surface area contributed by atoms with Crippen LogP contribution in [-0.2, 0) is 33.5 Å². The molecular formula is C14H16N6O8S3. The number of β-lactam (4-membered cyclic amide) rings is 1. The molecule has 0 radical (unpaired) electrons. The molecule has 0 spiro atoms. The van der Waals surface area contributed by atoms with Gasteiger partial charge in [0.05, 0.1) is 12.0 Å². The van der Waals surface area contributed by atoms with Gasteiger partial charge in [-0.05, 0) is 6.92 Å². The van der Waals surface area contributed by atoms with Crippen molar-refractivity contribution >= 4 is 62.0 Å². The van der Waals surface area contributed by atoms with Crippen LogP contribution in [0.25, 0.3) is 0 Å². The first kappa shape index (κ1) is 22.8. The average Bonchev–Trinajstić information content (AvgIpc) is 3.10. The number of amides is 2. The lowest BCUT2D eigenvalue weighted by Gasteiger charge is -2.48. The van der Waals surface area contributed by atoms with Gasteiger partial charge in [0.25, 0.3) is 11.8 Å². The molecule has 2 aliphatic heterocycles. The molecule has 0 saturated carbocycles. The van der Waals surface area contributed by atoms with Crippen molar-refractivity contribution in [3.63, 3.8) is 0 Å². The van der Waals surface area contributed by atoms with Crippen molar-refractivity contribution in [3.05, 3.63) is 17.3 Å². The minimum absolute atomic E-state index is 0.0929. The molecule has 168 valence electrons. The third-order valence-corrected chi connectivity index (χ3v) is 6.13. The molecule has 4 N–H and O–H groups in total. The Kier molecular flexibility index (Phi) is 6.37. The zero-order chi connectivity index (χ0) is 22.9. The van der Waals surface area contributed by atoms with E-state index in [0.29, 0.717) is 0 Å². The number of nitrogens with zero attached hydrogens (tertiary/aromatic N) is 4. The van der Waals surface area contributed by atoms with Crippen molar-refractivity contribution in [1.29, 1.82) is 0 Å². The molecule has 1 unspecified atom stereocenters. The van der Waals surface area contributed by atoms with E-state index >= 15 is 0 Å². The fraction of sp³-hybridized carbons (Fsp3) is 0.429. The van der Waals surface area contributed by atoms with Gasteiger partial charge < -0.3 is 25.2 Å². The zero-order valence-electron chi connectivity index (χ0n) is 16.0. The first-order chi connectivity index (χ1) is 14.5. The van der Waals surface area contributed by atoms with Crippen LogP contribution in [0, 0.1) is 0 Å². The van der Waals surface area contributed by atoms with E-state index in [-0.39, 0.29) is 34.8 Å². The van der Waals surface area contributed by atoms with Crippen molar-refractivity contribution < 1.29 is 36.9 Å². The fourth-order valence-electron chi connectivity index (χ4n) is 2.69. The van der Waals surface area contributed by atoms with E-state index in [1.807, 2.05) is 0 Å². The normalized spacial score (nSPS) is 21.3. The summed E-state index contributed by atoms with van der Waals surface area (Å²) in [5.41, 5.74) is 4.63. The second kappa shape index (κ2) is 8.67. The summed E-state index contributed by atoms with van der Waals surface area (Å²) >= 11 is 1.86. The standard InChI is InChI=1S/C14H16N6O8S3/c1-3-27-18-6(9-17-14(15)30-19-9)10(21)16-7-11(22)20-8(13(23)24)5(4-29-12(7)20)28-31(2,25)26/h7,12H,3-4H2,1-2H3,(H,16,21)(H,23,24)(H2,15,17,19)/b18-6+/t7?,12-/m1/s1. The topological polar surface area (TPSA) is 203 Å². The maximum atomic E-state index is 12.7. The fourth-order valence-corrected chi connectivity index (χ4v) is 4.96. The maximum absolute atomic E-state index is 12.7. The summed E-state index contributed by atoms with van der Waals surface area (Å²) in [6.45, 7) is 1.80. The van der Waals surface area contributed by atoms with Crippen LogP contribution in [0.1, 0.15) is 12.7 Å². The van der Waals surface area contributed by atoms with E-state index in [1.165, 1.54) is 0 Å². The van der Waals surface area contributed by atoms with Gasteiger partial charge in [0.15, 0.2) is 16.6 Å². The highest BCUT2D eigenvalue weighted by Gasteiger charge is 2.55. The lowest BCUT2D eigenvalue weighted by atomic mass is 10.0. The second-order valence-corrected chi connectivity index (χ2v) is 9.50. The molecule has 1 saturated heterocycles. The van der Waals surface area contributed by atoms with Gasteiger partial charge >= 0.3 is 16.1 Å². The van der Waals surface area contributed by atoms with Gasteiger partial charge in [0.2, 0.25) is 11.5 Å². The quantitative estimate of drug-likeness (QED) is 0.165. The number of carbonyl (C=O) groups excluding carboxylic acids is 2. The van der Waals surface area contributed by atoms with E-state index in [4.69, 9.17) is 14.8 Å². The van der Waals surface area contributed by atoms with Crippen LogP contribution in [0.15, 0.2) is 16.6 Å². The van der Waals surface area contributed by atoms with E-state index in [2.05, 4.69) is 19.8 Å². The van der Waals surface area contributed by atoms with Crippen LogP contribution >= 0.6 is 23.3 Å². The Hall–Kier alpha value is -2.92. The molecule has 31 heavy (non-hydrogen) atoms. The van der Waals surface area contributed by atoms with Gasteiger partial charge in [-0.25, -0.2) is 4.79 Å². The predicted octanol–water partition coefficient (Wildman–Crippen LogP) is -1.47. The number of nitrogens with two attached hydrogens (primary N) is 1. The number of oxime groups is 1. The third kappa shape index (κ3) is 4.72. The molecule has 0 aliphatic carbocycles. The number of carboxylic acids is 1. The molecule has 1 fully saturated rings. The number of nitrogens with one attached hydrogen (secondary N) is 1. The number of anilines is 1. The summed E-state index contributed by atoms with van der Waals surface area (Å²) in [7, 11) is -4.00. The summed E-state index contributed by atoms with van der Waals surface area (Å²) in [6.07, 6.45) is 0.760. The zero-order valence-corrected chi connectivity index (χ0v) is 18.4. The molecule has 2 amide bonds. The summed E-state index contributed by atoms with van der Waals surface area (Å²) in [6, 6.07) is -1.10. The van der Waals surface area contributed by atoms with Crippen LogP contribution in [0.3, 0.4) is 0 Å². The van der Waals surface area contributed by atoms with E-state index in [9.17, 15) is 27.9 Å². The van der Waals surface area contributed by atoms with Crippen molar-refractivity contribution in [3.8, 4) is 0 Å². The van der Waals surface area contributed by atoms with E-state index in [0.717, 1.165) is 34.5 Å². The summed E-state index contributed by atoms with van der Waals surface area (Å²) < 4.78 is 31.4. The number of thioether (sulfide) groups is 1. The Morgan fingerprint density at radius 1 is 1.45 bits per heavy atom. The first-order valence-corrected chi connectivity index (χ1v) is 12.1. The number of fused-ring (bicyclic) bond motifs is 1. The molecule has 3 heterocycles. The molecule has 1 aromatic rings. The van der Waals surface area contributed by atoms with Gasteiger partial charge in [-0.1, -0.05) is 5.16 Å². The van der Waals surface area contributed by atoms with Gasteiger partial charge in [-0.15, -0.1) is 11.8 Å². The molecule has 17 heteroatoms. The Bertz CT molecular complexity index is 1100. The summed E-state index contributed by atoms with van der Waals surface area (Å²) in [4.78, 5) is 46.6. The highest BCUT2D eigenvalue weighted by Crippen LogP contribution is 2.40. The largest absolute Gasteiger partial charge is 0.476 e. The van der Waals surface area contributed by atoms with Crippen molar-refractivity contribution in [2.45, 2.75) is 18.3 Å². The lowest BCUT2D eigenvalue weighted by Crippen LogP contribution is -2.71. The van der Waals surface area contributed by atoms with Crippen LogP contribution < -0.4 is 11.1 Å². The number of carbonyl (C=O) groups is 3. The SMILES string of the molecule is CCO/N=C(/C(=O)NC1C(=O)N2C(C(=O)O)=C(OS(C)(=O)=O)CS[C@H]12)c1nsc(N)n1. The molecule has 14 nitrogen and oxygen atoms in total. The summed E-state index contributed by atoms with van der Waals surface area (Å²) in [5.74, 6) is -3.75. The number of aliphatic carboxylic acids is 1. The van der Waals surface area contributed by atoms with Crippen LogP contribution in [-0.4, -0.2) is 81.3 Å². The highest BCUT2D eigenvalue weighted by atomic mass is 32.2. The molecular weight excluding hydrogens is 476 g/mol. The Balaban J connectivity index is 1.82. The molecule has 0 bridgehead atoms. The summed E-state index contributed by atoms with van der Waals surface area (Å²) in [5, 5.41) is 14.9. The Morgan fingerprint density at radius 3 is 2.71 bits per heavy atom. The highest BCUT2D eigenvalue weighted by molar-refractivity contribution is 8.00.